The van der Waals surface area contributed by atoms with E-state index in [0.717, 1.165) is 29.1 Å². The number of aromatic nitrogens is 3. The highest BCUT2D eigenvalue weighted by Crippen LogP contribution is 2.25. The molecule has 0 spiro atoms. The van der Waals surface area contributed by atoms with Crippen molar-refractivity contribution in [1.29, 1.82) is 0 Å². The third-order valence-corrected chi connectivity index (χ3v) is 3.25. The number of rotatable bonds is 5. The molecule has 2 aromatic rings. The number of hydrogen-bond acceptors (Lipinski definition) is 3. The average Bonchev–Trinajstić information content (AvgIpc) is 2.77. The Balaban J connectivity index is 2.58. The molecule has 2 heterocycles. The predicted molar refractivity (Wildman–Crippen MR) is 77.6 cm³/mol. The molecule has 4 heteroatoms. The van der Waals surface area contributed by atoms with E-state index in [0.29, 0.717) is 18.4 Å². The van der Waals surface area contributed by atoms with Gasteiger partial charge in [-0.3, -0.25) is 0 Å². The van der Waals surface area contributed by atoms with Crippen LogP contribution in [0.5, 0.6) is 0 Å². The van der Waals surface area contributed by atoms with E-state index in [2.05, 4.69) is 49.5 Å². The summed E-state index contributed by atoms with van der Waals surface area (Å²) in [7, 11) is 1.72. The maximum atomic E-state index is 5.16. The van der Waals surface area contributed by atoms with Crippen LogP contribution < -0.4 is 0 Å². The van der Waals surface area contributed by atoms with Crippen molar-refractivity contribution in [2.45, 2.75) is 46.1 Å². The zero-order valence-corrected chi connectivity index (χ0v) is 12.5. The number of methoxy groups -OCH3 is 1. The molecule has 0 N–H and O–H groups in total. The fourth-order valence-corrected chi connectivity index (χ4v) is 2.19. The van der Waals surface area contributed by atoms with Crippen molar-refractivity contribution in [2.75, 3.05) is 13.7 Å². The van der Waals surface area contributed by atoms with Gasteiger partial charge in [0.05, 0.1) is 23.3 Å². The van der Waals surface area contributed by atoms with Crippen LogP contribution in [0.15, 0.2) is 12.3 Å². The van der Waals surface area contributed by atoms with Crippen molar-refractivity contribution < 1.29 is 4.74 Å². The molecule has 0 unspecified atom stereocenters. The normalized spacial score (nSPS) is 11.9. The lowest BCUT2D eigenvalue weighted by Crippen LogP contribution is -2.09. The Morgan fingerprint density at radius 2 is 1.89 bits per heavy atom. The minimum absolute atomic E-state index is 0.351. The van der Waals surface area contributed by atoms with Gasteiger partial charge in [0, 0.05) is 25.8 Å². The zero-order chi connectivity index (χ0) is 14.0. The topological polar surface area (TPSA) is 39.9 Å². The van der Waals surface area contributed by atoms with Crippen molar-refractivity contribution in [1.82, 2.24) is 14.5 Å². The Bertz CT molecular complexity index is 558. The second-order valence-corrected chi connectivity index (χ2v) is 5.51. The van der Waals surface area contributed by atoms with Gasteiger partial charge in [-0.25, -0.2) is 9.97 Å². The summed E-state index contributed by atoms with van der Waals surface area (Å²) in [5.74, 6) is 1.67. The van der Waals surface area contributed by atoms with E-state index in [1.54, 1.807) is 7.11 Å². The quantitative estimate of drug-likeness (QED) is 0.829. The van der Waals surface area contributed by atoms with Crippen molar-refractivity contribution in [3.63, 3.8) is 0 Å². The van der Waals surface area contributed by atoms with Crippen molar-refractivity contribution in [3.05, 3.63) is 23.8 Å². The lowest BCUT2D eigenvalue weighted by molar-refractivity contribution is 0.188. The van der Waals surface area contributed by atoms with Gasteiger partial charge < -0.3 is 9.30 Å². The Hall–Kier alpha value is -1.42. The molecule has 104 valence electrons. The van der Waals surface area contributed by atoms with Gasteiger partial charge in [0.15, 0.2) is 0 Å². The molecular weight excluding hydrogens is 238 g/mol. The van der Waals surface area contributed by atoms with E-state index in [4.69, 9.17) is 9.72 Å². The molecule has 19 heavy (non-hydrogen) atoms. The summed E-state index contributed by atoms with van der Waals surface area (Å²) in [5, 5.41) is 0. The maximum Gasteiger partial charge on any atom is 0.131 e. The van der Waals surface area contributed by atoms with Crippen LogP contribution in [-0.4, -0.2) is 28.3 Å². The van der Waals surface area contributed by atoms with Gasteiger partial charge in [0.1, 0.15) is 5.82 Å². The summed E-state index contributed by atoms with van der Waals surface area (Å²) in [6.07, 6.45) is 2.08. The first-order chi connectivity index (χ1) is 9.04. The van der Waals surface area contributed by atoms with Gasteiger partial charge >= 0.3 is 0 Å². The Labute approximate surface area is 114 Å². The standard InChI is InChI=1S/C15H23N3O/c1-10(2)13-14-12(16-15(17-13)11(3)4)6-7-18(14)8-9-19-5/h6-7,10-11H,8-9H2,1-5H3. The van der Waals surface area contributed by atoms with Crippen molar-refractivity contribution in [3.8, 4) is 0 Å². The van der Waals surface area contributed by atoms with E-state index < -0.39 is 0 Å². The summed E-state index contributed by atoms with van der Waals surface area (Å²) in [6, 6.07) is 2.07. The maximum absolute atomic E-state index is 5.16. The minimum Gasteiger partial charge on any atom is -0.383 e. The SMILES string of the molecule is COCCn1ccc2nc(C(C)C)nc(C(C)C)c21. The molecule has 4 nitrogen and oxygen atoms in total. The van der Waals surface area contributed by atoms with Gasteiger partial charge in [0.2, 0.25) is 0 Å². The molecule has 0 saturated heterocycles. The van der Waals surface area contributed by atoms with E-state index in [-0.39, 0.29) is 0 Å². The molecule has 0 radical (unpaired) electrons. The van der Waals surface area contributed by atoms with Gasteiger partial charge in [-0.15, -0.1) is 0 Å². The fourth-order valence-electron chi connectivity index (χ4n) is 2.19. The number of fused-ring (bicyclic) bond motifs is 1. The van der Waals surface area contributed by atoms with E-state index in [1.165, 1.54) is 0 Å². The van der Waals surface area contributed by atoms with E-state index >= 15 is 0 Å². The van der Waals surface area contributed by atoms with Crippen molar-refractivity contribution in [2.24, 2.45) is 0 Å². The largest absolute Gasteiger partial charge is 0.383 e. The molecule has 0 aliphatic rings. The van der Waals surface area contributed by atoms with Gasteiger partial charge in [-0.1, -0.05) is 27.7 Å². The molecule has 0 fully saturated rings. The third-order valence-electron chi connectivity index (χ3n) is 3.25. The van der Waals surface area contributed by atoms with Crippen LogP contribution in [0.4, 0.5) is 0 Å². The Morgan fingerprint density at radius 3 is 2.47 bits per heavy atom. The zero-order valence-electron chi connectivity index (χ0n) is 12.5. The molecular formula is C15H23N3O. The minimum atomic E-state index is 0.351. The van der Waals surface area contributed by atoms with E-state index in [1.807, 2.05) is 0 Å². The first-order valence-electron chi connectivity index (χ1n) is 6.90. The number of ether oxygens (including phenoxy) is 1. The Kier molecular flexibility index (Phi) is 4.20. The summed E-state index contributed by atoms with van der Waals surface area (Å²) < 4.78 is 7.36. The van der Waals surface area contributed by atoms with Crippen LogP contribution in [-0.2, 0) is 11.3 Å². The lowest BCUT2D eigenvalue weighted by Gasteiger charge is -2.13. The average molecular weight is 261 g/mol. The highest BCUT2D eigenvalue weighted by atomic mass is 16.5. The van der Waals surface area contributed by atoms with Crippen LogP contribution in [0.25, 0.3) is 11.0 Å². The summed E-state index contributed by atoms with van der Waals surface area (Å²) in [4.78, 5) is 9.44. The first-order valence-corrected chi connectivity index (χ1v) is 6.90. The highest BCUT2D eigenvalue weighted by molar-refractivity contribution is 5.78. The second kappa shape index (κ2) is 5.70. The van der Waals surface area contributed by atoms with Gasteiger partial charge in [-0.05, 0) is 12.0 Å². The molecule has 0 aromatic carbocycles. The second-order valence-electron chi connectivity index (χ2n) is 5.51. The summed E-state index contributed by atoms with van der Waals surface area (Å²) in [6.45, 7) is 10.2. The Morgan fingerprint density at radius 1 is 1.16 bits per heavy atom. The fraction of sp³-hybridized carbons (Fsp3) is 0.600. The lowest BCUT2D eigenvalue weighted by atomic mass is 10.1. The van der Waals surface area contributed by atoms with Crippen LogP contribution >= 0.6 is 0 Å². The van der Waals surface area contributed by atoms with Crippen LogP contribution in [0.2, 0.25) is 0 Å². The molecule has 2 rings (SSSR count). The highest BCUT2D eigenvalue weighted by Gasteiger charge is 2.16. The van der Waals surface area contributed by atoms with Gasteiger partial charge in [0.25, 0.3) is 0 Å². The summed E-state index contributed by atoms with van der Waals surface area (Å²) in [5.41, 5.74) is 3.32. The molecule has 2 aromatic heterocycles. The predicted octanol–water partition coefficient (Wildman–Crippen LogP) is 3.32. The molecule has 0 bridgehead atoms. The van der Waals surface area contributed by atoms with Crippen LogP contribution in [0.3, 0.4) is 0 Å². The first kappa shape index (κ1) is 14.0. The molecule has 0 saturated carbocycles. The molecule has 0 aliphatic heterocycles. The summed E-state index contributed by atoms with van der Waals surface area (Å²) >= 11 is 0. The molecule has 0 aliphatic carbocycles. The smallest absolute Gasteiger partial charge is 0.131 e. The van der Waals surface area contributed by atoms with Crippen LogP contribution in [0.1, 0.15) is 51.0 Å². The monoisotopic (exact) mass is 261 g/mol. The molecule has 0 amide bonds. The third kappa shape index (κ3) is 2.78. The van der Waals surface area contributed by atoms with Gasteiger partial charge in [-0.2, -0.15) is 0 Å². The molecule has 0 atom stereocenters. The van der Waals surface area contributed by atoms with Crippen molar-refractivity contribution >= 4 is 11.0 Å². The number of nitrogens with zero attached hydrogens (tertiary/aromatic N) is 3. The number of hydrogen-bond donors (Lipinski definition) is 0. The van der Waals surface area contributed by atoms with Crippen LogP contribution in [0, 0.1) is 0 Å². The van der Waals surface area contributed by atoms with E-state index in [9.17, 15) is 0 Å².